The Morgan fingerprint density at radius 2 is 1.74 bits per heavy atom. The maximum Gasteiger partial charge on any atom is 0.307 e. The molecule has 0 aromatic heterocycles. The lowest BCUT2D eigenvalue weighted by Gasteiger charge is -2.43. The molecule has 2 aromatic carbocycles. The van der Waals surface area contributed by atoms with Gasteiger partial charge in [0.2, 0.25) is 5.91 Å². The Kier molecular flexibility index (Phi) is 9.60. The fourth-order valence-corrected chi connectivity index (χ4v) is 6.40. The third-order valence-corrected chi connectivity index (χ3v) is 8.56. The lowest BCUT2D eigenvalue weighted by Crippen LogP contribution is -2.60. The summed E-state index contributed by atoms with van der Waals surface area (Å²) in [5.41, 5.74) is 8.63. The summed E-state index contributed by atoms with van der Waals surface area (Å²) >= 11 is 0. The highest BCUT2D eigenvalue weighted by atomic mass is 19.1. The number of hydrogen-bond donors (Lipinski definition) is 1. The zero-order chi connectivity index (χ0) is 31.7. The van der Waals surface area contributed by atoms with E-state index in [1.807, 2.05) is 45.8 Å². The quantitative estimate of drug-likeness (QED) is 0.327. The van der Waals surface area contributed by atoms with Crippen molar-refractivity contribution in [2.75, 3.05) is 21.2 Å². The van der Waals surface area contributed by atoms with Crippen molar-refractivity contribution in [1.29, 1.82) is 0 Å². The minimum Gasteiger partial charge on any atom is -0.469 e. The maximum absolute atomic E-state index is 15.1. The van der Waals surface area contributed by atoms with Gasteiger partial charge in [-0.1, -0.05) is 38.1 Å². The van der Waals surface area contributed by atoms with E-state index in [1.165, 1.54) is 12.0 Å². The summed E-state index contributed by atoms with van der Waals surface area (Å²) in [4.78, 5) is 43.6. The minimum atomic E-state index is -0.941. The fourth-order valence-electron chi connectivity index (χ4n) is 6.40. The van der Waals surface area contributed by atoms with Gasteiger partial charge in [-0.05, 0) is 116 Å². The molecule has 2 unspecified atom stereocenters. The van der Waals surface area contributed by atoms with Crippen LogP contribution in [0.2, 0.25) is 0 Å². The number of ether oxygens (including phenoxy) is 1. The van der Waals surface area contributed by atoms with Gasteiger partial charge in [0.25, 0.3) is 5.91 Å². The van der Waals surface area contributed by atoms with E-state index in [-0.39, 0.29) is 12.3 Å². The molecule has 1 heterocycles. The lowest BCUT2D eigenvalue weighted by atomic mass is 9.79. The number of amides is 2. The number of methoxy groups -OCH3 is 1. The number of rotatable bonds is 10. The van der Waals surface area contributed by atoms with Crippen LogP contribution in [0.25, 0.3) is 22.8 Å². The molecule has 0 fully saturated rings. The first-order valence-corrected chi connectivity index (χ1v) is 14.9. The molecule has 4 rings (SSSR count). The van der Waals surface area contributed by atoms with Gasteiger partial charge in [0.05, 0.1) is 25.7 Å². The van der Waals surface area contributed by atoms with Crippen molar-refractivity contribution >= 4 is 29.4 Å². The van der Waals surface area contributed by atoms with Gasteiger partial charge in [-0.2, -0.15) is 0 Å². The SMILES string of the molecule is COC(=O)C[C@H](NC(=O)C(CC(C)C)N1C(=O)C(F)=C(C)CC1N(C)C)c1cc(-c2c(C)cccc2C)cc2c1C(C)=C2. The van der Waals surface area contributed by atoms with Crippen LogP contribution in [0.15, 0.2) is 41.7 Å². The molecular formula is C35H44FN3O4. The molecule has 3 atom stereocenters. The van der Waals surface area contributed by atoms with Crippen LogP contribution in [-0.4, -0.2) is 61.0 Å². The number of carbonyl (C=O) groups is 3. The second-order valence-corrected chi connectivity index (χ2v) is 12.6. The molecule has 0 saturated carbocycles. The highest BCUT2D eigenvalue weighted by Gasteiger charge is 2.42. The summed E-state index contributed by atoms with van der Waals surface area (Å²) in [6, 6.07) is 8.69. The van der Waals surface area contributed by atoms with Gasteiger partial charge >= 0.3 is 5.97 Å². The van der Waals surface area contributed by atoms with Crippen molar-refractivity contribution in [1.82, 2.24) is 15.1 Å². The molecular weight excluding hydrogens is 545 g/mol. The highest BCUT2D eigenvalue weighted by Crippen LogP contribution is 2.43. The van der Waals surface area contributed by atoms with Crippen molar-refractivity contribution in [2.45, 2.75) is 79.1 Å². The summed E-state index contributed by atoms with van der Waals surface area (Å²) in [6.07, 6.45) is 2.15. The molecule has 1 aliphatic carbocycles. The van der Waals surface area contributed by atoms with Crippen LogP contribution in [0.1, 0.15) is 80.8 Å². The molecule has 230 valence electrons. The van der Waals surface area contributed by atoms with Crippen LogP contribution in [0.4, 0.5) is 4.39 Å². The standard InChI is InChI=1S/C35H44FN3O4/c1-19(2)13-28(39-29(38(7)8)15-23(6)33(36)35(39)42)34(41)37-27(18-30(40)43-9)26-17-25(16-24-14-22(5)32(24)26)31-20(3)11-10-12-21(31)4/h10-12,14,16-17,19,27-29H,13,15,18H2,1-9H3,(H,37,41)/t27-,28?,29?/m0/s1. The van der Waals surface area contributed by atoms with Gasteiger partial charge < -0.3 is 15.0 Å². The number of halogens is 1. The summed E-state index contributed by atoms with van der Waals surface area (Å²) in [5, 5.41) is 3.12. The van der Waals surface area contributed by atoms with Gasteiger partial charge in [-0.15, -0.1) is 0 Å². The summed E-state index contributed by atoms with van der Waals surface area (Å²) in [6.45, 7) is 11.7. The van der Waals surface area contributed by atoms with Gasteiger partial charge in [-0.3, -0.25) is 19.3 Å². The maximum atomic E-state index is 15.1. The van der Waals surface area contributed by atoms with Crippen molar-refractivity contribution < 1.29 is 23.5 Å². The Balaban J connectivity index is 1.80. The second kappa shape index (κ2) is 12.8. The molecule has 2 amide bonds. The Hall–Kier alpha value is -3.78. The number of nitrogens with zero attached hydrogens (tertiary/aromatic N) is 2. The van der Waals surface area contributed by atoms with E-state index in [4.69, 9.17) is 4.74 Å². The topological polar surface area (TPSA) is 79.0 Å². The number of allylic oxidation sites excluding steroid dienone is 1. The normalized spacial score (nSPS) is 17.9. The highest BCUT2D eigenvalue weighted by molar-refractivity contribution is 5.99. The number of benzene rings is 2. The third-order valence-electron chi connectivity index (χ3n) is 8.56. The number of hydrogen-bond acceptors (Lipinski definition) is 5. The fraction of sp³-hybridized carbons (Fsp3) is 0.457. The summed E-state index contributed by atoms with van der Waals surface area (Å²) in [5.74, 6) is -2.45. The van der Waals surface area contributed by atoms with Crippen molar-refractivity contribution in [3.8, 4) is 11.1 Å². The van der Waals surface area contributed by atoms with E-state index in [2.05, 4.69) is 49.5 Å². The summed E-state index contributed by atoms with van der Waals surface area (Å²) < 4.78 is 20.1. The third kappa shape index (κ3) is 6.44. The molecule has 8 heteroatoms. The average molecular weight is 590 g/mol. The monoisotopic (exact) mass is 589 g/mol. The number of aryl methyl sites for hydroxylation is 2. The van der Waals surface area contributed by atoms with Crippen LogP contribution >= 0.6 is 0 Å². The molecule has 1 N–H and O–H groups in total. The largest absolute Gasteiger partial charge is 0.469 e. The van der Waals surface area contributed by atoms with Crippen LogP contribution in [0.3, 0.4) is 0 Å². The average Bonchev–Trinajstić information content (AvgIpc) is 2.93. The number of nitrogens with one attached hydrogen (secondary N) is 1. The molecule has 43 heavy (non-hydrogen) atoms. The van der Waals surface area contributed by atoms with E-state index in [9.17, 15) is 14.4 Å². The Morgan fingerprint density at radius 3 is 2.30 bits per heavy atom. The molecule has 0 spiro atoms. The van der Waals surface area contributed by atoms with E-state index in [0.29, 0.717) is 18.4 Å². The van der Waals surface area contributed by atoms with Crippen molar-refractivity contribution in [3.05, 3.63) is 69.5 Å². The van der Waals surface area contributed by atoms with Crippen LogP contribution in [-0.2, 0) is 19.1 Å². The van der Waals surface area contributed by atoms with E-state index >= 15 is 4.39 Å². The lowest BCUT2D eigenvalue weighted by molar-refractivity contribution is -0.148. The predicted molar refractivity (Wildman–Crippen MR) is 168 cm³/mol. The molecule has 2 aliphatic rings. The molecule has 7 nitrogen and oxygen atoms in total. The van der Waals surface area contributed by atoms with Crippen LogP contribution in [0, 0.1) is 19.8 Å². The van der Waals surface area contributed by atoms with Gasteiger partial charge in [0.15, 0.2) is 5.83 Å². The molecule has 0 bridgehead atoms. The number of carbonyl (C=O) groups excluding carboxylic acids is 3. The zero-order valence-electron chi connectivity index (χ0n) is 26.8. The van der Waals surface area contributed by atoms with Gasteiger partial charge in [-0.25, -0.2) is 4.39 Å². The number of fused-ring (bicyclic) bond motifs is 1. The van der Waals surface area contributed by atoms with Crippen molar-refractivity contribution in [3.63, 3.8) is 0 Å². The van der Waals surface area contributed by atoms with Crippen LogP contribution < -0.4 is 5.32 Å². The Morgan fingerprint density at radius 1 is 1.09 bits per heavy atom. The smallest absolute Gasteiger partial charge is 0.307 e. The Labute approximate surface area is 254 Å². The first kappa shape index (κ1) is 32.1. The second-order valence-electron chi connectivity index (χ2n) is 12.6. The zero-order valence-corrected chi connectivity index (χ0v) is 26.8. The molecule has 0 radical (unpaired) electrons. The number of esters is 1. The summed E-state index contributed by atoms with van der Waals surface area (Å²) in [7, 11) is 4.96. The van der Waals surface area contributed by atoms with Gasteiger partial charge in [0, 0.05) is 6.42 Å². The minimum absolute atomic E-state index is 0.0408. The van der Waals surface area contributed by atoms with Crippen LogP contribution in [0.5, 0.6) is 0 Å². The van der Waals surface area contributed by atoms with E-state index < -0.39 is 41.9 Å². The molecule has 0 saturated heterocycles. The van der Waals surface area contributed by atoms with E-state index in [0.717, 1.165) is 44.5 Å². The van der Waals surface area contributed by atoms with E-state index in [1.54, 1.807) is 6.92 Å². The molecule has 1 aliphatic heterocycles. The first-order chi connectivity index (χ1) is 20.2. The first-order valence-electron chi connectivity index (χ1n) is 14.9. The molecule has 2 aromatic rings. The van der Waals surface area contributed by atoms with Crippen molar-refractivity contribution in [2.24, 2.45) is 5.92 Å². The Bertz CT molecular complexity index is 1490. The van der Waals surface area contributed by atoms with Gasteiger partial charge in [0.1, 0.15) is 6.04 Å². The predicted octanol–water partition coefficient (Wildman–Crippen LogP) is 6.34.